The largest absolute Gasteiger partial charge is 0.507 e. The van der Waals surface area contributed by atoms with Gasteiger partial charge in [0.1, 0.15) is 11.4 Å². The van der Waals surface area contributed by atoms with Crippen molar-refractivity contribution in [2.24, 2.45) is 5.92 Å². The molecule has 156 valence electrons. The van der Waals surface area contributed by atoms with Crippen LogP contribution in [0.1, 0.15) is 40.0 Å². The van der Waals surface area contributed by atoms with Gasteiger partial charge in [-0.1, -0.05) is 0 Å². The lowest BCUT2D eigenvalue weighted by molar-refractivity contribution is -0.137. The second kappa shape index (κ2) is 7.98. The van der Waals surface area contributed by atoms with Crippen LogP contribution in [0.15, 0.2) is 18.2 Å². The molecule has 3 rings (SSSR count). The summed E-state index contributed by atoms with van der Waals surface area (Å²) in [5.41, 5.74) is -0.330. The zero-order valence-electron chi connectivity index (χ0n) is 16.1. The third-order valence-corrected chi connectivity index (χ3v) is 5.29. The lowest BCUT2D eigenvalue weighted by atomic mass is 9.90. The monoisotopic (exact) mass is 409 g/mol. The van der Waals surface area contributed by atoms with Crippen LogP contribution in [-0.2, 0) is 12.6 Å². The van der Waals surface area contributed by atoms with Gasteiger partial charge in [-0.15, -0.1) is 5.10 Å². The van der Waals surface area contributed by atoms with E-state index < -0.39 is 23.5 Å². The van der Waals surface area contributed by atoms with Gasteiger partial charge in [0.15, 0.2) is 0 Å². The minimum Gasteiger partial charge on any atom is -0.507 e. The molecule has 2 heterocycles. The van der Waals surface area contributed by atoms with Crippen molar-refractivity contribution >= 4 is 5.97 Å². The van der Waals surface area contributed by atoms with E-state index in [0.29, 0.717) is 18.2 Å². The number of likely N-dealkylation sites (tertiary alicyclic amines) is 1. The van der Waals surface area contributed by atoms with Gasteiger partial charge in [-0.25, -0.2) is 4.79 Å². The molecule has 2 aromatic rings. The topological polar surface area (TPSA) is 86.6 Å². The van der Waals surface area contributed by atoms with E-state index in [0.717, 1.165) is 38.1 Å². The molecule has 1 aliphatic rings. The number of hydrogen-bond acceptors (Lipinski definition) is 5. The number of aromatic hydroxyl groups is 1. The van der Waals surface area contributed by atoms with E-state index in [4.69, 9.17) is 0 Å². The van der Waals surface area contributed by atoms with Crippen LogP contribution in [0.4, 0.5) is 13.2 Å². The van der Waals surface area contributed by atoms with Crippen molar-refractivity contribution in [3.05, 3.63) is 40.6 Å². The average Bonchev–Trinajstić information content (AvgIpc) is 2.61. The Balaban J connectivity index is 2.00. The Morgan fingerprint density at radius 3 is 2.62 bits per heavy atom. The SMILES string of the molecule is Cc1c(-c2ccc(C(F)(F)F)cc2O)nnc(C[C@@H]2CCCN(C)C2)c1C(=O)O. The van der Waals surface area contributed by atoms with Gasteiger partial charge in [0.25, 0.3) is 0 Å². The Morgan fingerprint density at radius 2 is 2.03 bits per heavy atom. The van der Waals surface area contributed by atoms with Gasteiger partial charge in [-0.3, -0.25) is 0 Å². The van der Waals surface area contributed by atoms with Gasteiger partial charge >= 0.3 is 12.1 Å². The van der Waals surface area contributed by atoms with Gasteiger partial charge in [0, 0.05) is 12.1 Å². The molecule has 6 nitrogen and oxygen atoms in total. The fraction of sp³-hybridized carbons (Fsp3) is 0.450. The highest BCUT2D eigenvalue weighted by Gasteiger charge is 2.32. The summed E-state index contributed by atoms with van der Waals surface area (Å²) in [4.78, 5) is 14.1. The van der Waals surface area contributed by atoms with Crippen molar-refractivity contribution in [2.75, 3.05) is 20.1 Å². The van der Waals surface area contributed by atoms with Crippen LogP contribution in [0, 0.1) is 12.8 Å². The summed E-state index contributed by atoms with van der Waals surface area (Å²) >= 11 is 0. The van der Waals surface area contributed by atoms with Crippen LogP contribution in [0.5, 0.6) is 5.75 Å². The van der Waals surface area contributed by atoms with Crippen molar-refractivity contribution < 1.29 is 28.2 Å². The number of carboxylic acid groups (broad SMARTS) is 1. The summed E-state index contributed by atoms with van der Waals surface area (Å²) in [6.07, 6.45) is -2.15. The van der Waals surface area contributed by atoms with Crippen LogP contribution >= 0.6 is 0 Å². The first kappa shape index (κ1) is 21.0. The Labute approximate surface area is 166 Å². The quantitative estimate of drug-likeness (QED) is 0.800. The number of benzene rings is 1. The summed E-state index contributed by atoms with van der Waals surface area (Å²) < 4.78 is 38.5. The lowest BCUT2D eigenvalue weighted by Gasteiger charge is -2.29. The molecule has 9 heteroatoms. The Bertz CT molecular complexity index is 931. The lowest BCUT2D eigenvalue weighted by Crippen LogP contribution is -2.33. The second-order valence-corrected chi connectivity index (χ2v) is 7.50. The standard InChI is InChI=1S/C20H22F3N3O3/c1-11-17(19(28)29)15(8-12-4-3-7-26(2)10-12)24-25-18(11)14-6-5-13(9-16(14)27)20(21,22)23/h5-6,9,12,27H,3-4,7-8,10H2,1-2H3,(H,28,29)/t12-/m0/s1. The number of carboxylic acids is 1. The molecule has 0 amide bonds. The van der Waals surface area contributed by atoms with Crippen molar-refractivity contribution in [2.45, 2.75) is 32.4 Å². The van der Waals surface area contributed by atoms with Gasteiger partial charge in [-0.05, 0) is 69.5 Å². The maximum Gasteiger partial charge on any atom is 0.416 e. The molecule has 0 saturated carbocycles. The van der Waals surface area contributed by atoms with Gasteiger partial charge in [0.2, 0.25) is 0 Å². The van der Waals surface area contributed by atoms with E-state index in [1.165, 1.54) is 6.92 Å². The molecule has 1 atom stereocenters. The maximum atomic E-state index is 12.8. The van der Waals surface area contributed by atoms with Crippen LogP contribution in [0.2, 0.25) is 0 Å². The molecule has 0 unspecified atom stereocenters. The van der Waals surface area contributed by atoms with Crippen LogP contribution in [0.25, 0.3) is 11.3 Å². The molecule has 29 heavy (non-hydrogen) atoms. The van der Waals surface area contributed by atoms with Crippen LogP contribution in [0.3, 0.4) is 0 Å². The van der Waals surface area contributed by atoms with Crippen molar-refractivity contribution in [1.29, 1.82) is 0 Å². The first-order valence-electron chi connectivity index (χ1n) is 9.26. The number of hydrogen-bond donors (Lipinski definition) is 2. The normalized spacial score (nSPS) is 18.0. The number of rotatable bonds is 4. The predicted molar refractivity (Wildman–Crippen MR) is 99.8 cm³/mol. The molecular formula is C20H22F3N3O3. The smallest absolute Gasteiger partial charge is 0.416 e. The Hall–Kier alpha value is -2.68. The molecule has 0 spiro atoms. The minimum atomic E-state index is -4.60. The maximum absolute atomic E-state index is 12.8. The number of halogens is 3. The molecule has 2 N–H and O–H groups in total. The molecule has 1 aromatic heterocycles. The highest BCUT2D eigenvalue weighted by molar-refractivity contribution is 5.92. The highest BCUT2D eigenvalue weighted by Crippen LogP contribution is 2.37. The fourth-order valence-electron chi connectivity index (χ4n) is 3.87. The average molecular weight is 409 g/mol. The number of carbonyl (C=O) groups is 1. The number of nitrogens with zero attached hydrogens (tertiary/aromatic N) is 3. The molecule has 1 fully saturated rings. The van der Waals surface area contributed by atoms with Crippen molar-refractivity contribution in [1.82, 2.24) is 15.1 Å². The summed E-state index contributed by atoms with van der Waals surface area (Å²) in [5, 5.41) is 28.0. The molecule has 0 bridgehead atoms. The third-order valence-electron chi connectivity index (χ3n) is 5.29. The summed E-state index contributed by atoms with van der Waals surface area (Å²) in [6.45, 7) is 3.36. The van der Waals surface area contributed by atoms with E-state index in [1.54, 1.807) is 0 Å². The van der Waals surface area contributed by atoms with Crippen molar-refractivity contribution in [3.8, 4) is 17.0 Å². The molecular weight excluding hydrogens is 387 g/mol. The van der Waals surface area contributed by atoms with Gasteiger partial charge < -0.3 is 15.1 Å². The highest BCUT2D eigenvalue weighted by atomic mass is 19.4. The second-order valence-electron chi connectivity index (χ2n) is 7.50. The fourth-order valence-corrected chi connectivity index (χ4v) is 3.87. The predicted octanol–water partition coefficient (Wildman–Crippen LogP) is 3.76. The van der Waals surface area contributed by atoms with E-state index in [-0.39, 0.29) is 28.3 Å². The minimum absolute atomic E-state index is 0.00875. The van der Waals surface area contributed by atoms with Crippen LogP contribution in [-0.4, -0.2) is 51.4 Å². The molecule has 1 saturated heterocycles. The van der Waals surface area contributed by atoms with Crippen LogP contribution < -0.4 is 0 Å². The van der Waals surface area contributed by atoms with Crippen molar-refractivity contribution in [3.63, 3.8) is 0 Å². The number of alkyl halides is 3. The number of phenols is 1. The first-order valence-corrected chi connectivity index (χ1v) is 9.26. The molecule has 1 aliphatic heterocycles. The zero-order chi connectivity index (χ0) is 21.3. The third kappa shape index (κ3) is 4.50. The first-order chi connectivity index (χ1) is 13.6. The number of aromatic nitrogens is 2. The number of piperidine rings is 1. The van der Waals surface area contributed by atoms with E-state index >= 15 is 0 Å². The number of aromatic carboxylic acids is 1. The molecule has 0 radical (unpaired) electrons. The summed E-state index contributed by atoms with van der Waals surface area (Å²) in [6, 6.07) is 2.50. The van der Waals surface area contributed by atoms with E-state index in [2.05, 4.69) is 15.1 Å². The van der Waals surface area contributed by atoms with E-state index in [9.17, 15) is 28.2 Å². The molecule has 1 aromatic carbocycles. The van der Waals surface area contributed by atoms with Gasteiger partial charge in [-0.2, -0.15) is 18.3 Å². The number of phenolic OH excluding ortho intramolecular Hbond substituents is 1. The summed E-state index contributed by atoms with van der Waals surface area (Å²) in [5.74, 6) is -1.55. The molecule has 0 aliphatic carbocycles. The van der Waals surface area contributed by atoms with E-state index in [1.807, 2.05) is 7.05 Å². The zero-order valence-corrected chi connectivity index (χ0v) is 16.1. The Morgan fingerprint density at radius 1 is 1.31 bits per heavy atom. The van der Waals surface area contributed by atoms with Gasteiger partial charge in [0.05, 0.1) is 16.8 Å². The summed E-state index contributed by atoms with van der Waals surface area (Å²) in [7, 11) is 2.01. The Kier molecular flexibility index (Phi) is 5.79.